The average molecular weight is 196 g/mol. The van der Waals surface area contributed by atoms with Crippen LogP contribution in [0.1, 0.15) is 30.1 Å². The van der Waals surface area contributed by atoms with E-state index in [1.54, 1.807) is 6.26 Å². The highest BCUT2D eigenvalue weighted by atomic mass is 32.1. The molecule has 0 atom stereocenters. The van der Waals surface area contributed by atoms with Gasteiger partial charge >= 0.3 is 0 Å². The van der Waals surface area contributed by atoms with Gasteiger partial charge in [-0.2, -0.15) is 12.6 Å². The lowest BCUT2D eigenvalue weighted by molar-refractivity contribution is 0.0982. The van der Waals surface area contributed by atoms with Crippen molar-refractivity contribution in [2.45, 2.75) is 19.8 Å². The Morgan fingerprint density at radius 2 is 1.77 bits per heavy atom. The smallest absolute Gasteiger partial charge is 0.162 e. The summed E-state index contributed by atoms with van der Waals surface area (Å²) in [6.45, 7) is 2.01. The second-order valence-electron chi connectivity index (χ2n) is 2.54. The van der Waals surface area contributed by atoms with E-state index < -0.39 is 0 Å². The molecule has 0 amide bonds. The lowest BCUT2D eigenvalue weighted by Gasteiger charge is -1.96. The predicted molar refractivity (Wildman–Crippen MR) is 60.6 cm³/mol. The van der Waals surface area contributed by atoms with Gasteiger partial charge in [0.25, 0.3) is 0 Å². The first-order valence-corrected chi connectivity index (χ1v) is 5.27. The van der Waals surface area contributed by atoms with Crippen LogP contribution in [0.15, 0.2) is 30.3 Å². The van der Waals surface area contributed by atoms with E-state index in [-0.39, 0.29) is 5.78 Å². The number of benzene rings is 1. The van der Waals surface area contributed by atoms with E-state index in [9.17, 15) is 4.79 Å². The molecule has 0 aromatic heterocycles. The molecule has 0 radical (unpaired) electrons. The van der Waals surface area contributed by atoms with Crippen LogP contribution in [-0.2, 0) is 0 Å². The summed E-state index contributed by atoms with van der Waals surface area (Å²) in [6, 6.07) is 9.42. The zero-order chi connectivity index (χ0) is 10.1. The van der Waals surface area contributed by atoms with Crippen LogP contribution in [0.25, 0.3) is 0 Å². The molecular formula is C11H16OS. The fraction of sp³-hybridized carbons (Fsp3) is 0.364. The Bertz CT molecular complexity index is 231. The average Bonchev–Trinajstić information content (AvgIpc) is 2.23. The molecule has 72 valence electrons. The molecule has 0 heterocycles. The maximum atomic E-state index is 11.2. The Hall–Kier alpha value is -0.760. The second-order valence-corrected chi connectivity index (χ2v) is 2.54. The molecule has 0 aliphatic heterocycles. The Morgan fingerprint density at radius 3 is 2.23 bits per heavy atom. The van der Waals surface area contributed by atoms with Crippen molar-refractivity contribution in [3.8, 4) is 0 Å². The predicted octanol–water partition coefficient (Wildman–Crippen LogP) is 3.22. The number of ketones is 1. The van der Waals surface area contributed by atoms with Crippen LogP contribution in [0.2, 0.25) is 0 Å². The van der Waals surface area contributed by atoms with Crippen LogP contribution in [-0.4, -0.2) is 12.0 Å². The van der Waals surface area contributed by atoms with Crippen molar-refractivity contribution in [2.24, 2.45) is 0 Å². The number of carbonyl (C=O) groups excluding carboxylic acids is 1. The minimum atomic E-state index is 0.244. The molecule has 0 fully saturated rings. The van der Waals surface area contributed by atoms with Gasteiger partial charge in [-0.05, 0) is 12.7 Å². The number of hydrogen-bond acceptors (Lipinski definition) is 2. The summed E-state index contributed by atoms with van der Waals surface area (Å²) in [5.74, 6) is 0.244. The normalized spacial score (nSPS) is 8.54. The van der Waals surface area contributed by atoms with Crippen molar-refractivity contribution in [1.82, 2.24) is 0 Å². The zero-order valence-electron chi connectivity index (χ0n) is 8.16. The van der Waals surface area contributed by atoms with Crippen molar-refractivity contribution in [3.05, 3.63) is 35.9 Å². The quantitative estimate of drug-likeness (QED) is 0.580. The van der Waals surface area contributed by atoms with Gasteiger partial charge in [0, 0.05) is 12.0 Å². The molecule has 0 N–H and O–H groups in total. The first kappa shape index (κ1) is 12.2. The monoisotopic (exact) mass is 196 g/mol. The molecule has 0 saturated carbocycles. The van der Waals surface area contributed by atoms with E-state index >= 15 is 0 Å². The highest BCUT2D eigenvalue weighted by Gasteiger charge is 2.01. The number of hydrogen-bond donors (Lipinski definition) is 1. The van der Waals surface area contributed by atoms with Crippen LogP contribution in [0.5, 0.6) is 0 Å². The molecule has 0 unspecified atom stereocenters. The first-order chi connectivity index (χ1) is 6.34. The van der Waals surface area contributed by atoms with E-state index in [1.165, 1.54) is 0 Å². The highest BCUT2D eigenvalue weighted by molar-refractivity contribution is 7.79. The van der Waals surface area contributed by atoms with Gasteiger partial charge < -0.3 is 0 Å². The largest absolute Gasteiger partial charge is 0.294 e. The number of thiol groups is 1. The maximum absolute atomic E-state index is 11.2. The van der Waals surface area contributed by atoms with Gasteiger partial charge in [0.05, 0.1) is 0 Å². The third-order valence-corrected chi connectivity index (χ3v) is 1.57. The van der Waals surface area contributed by atoms with Crippen molar-refractivity contribution < 1.29 is 4.79 Å². The minimum absolute atomic E-state index is 0.244. The van der Waals surface area contributed by atoms with Crippen molar-refractivity contribution in [1.29, 1.82) is 0 Å². The molecule has 1 aromatic carbocycles. The van der Waals surface area contributed by atoms with Gasteiger partial charge in [-0.15, -0.1) is 0 Å². The summed E-state index contributed by atoms with van der Waals surface area (Å²) in [5, 5.41) is 0. The van der Waals surface area contributed by atoms with Crippen LogP contribution in [0, 0.1) is 0 Å². The summed E-state index contributed by atoms with van der Waals surface area (Å²) >= 11 is 3.53. The van der Waals surface area contributed by atoms with E-state index in [1.807, 2.05) is 37.3 Å². The Morgan fingerprint density at radius 1 is 1.23 bits per heavy atom. The van der Waals surface area contributed by atoms with E-state index in [2.05, 4.69) is 12.6 Å². The Balaban J connectivity index is 0.000000671. The molecule has 0 aliphatic carbocycles. The lowest BCUT2D eigenvalue weighted by Crippen LogP contribution is -1.96. The molecular weight excluding hydrogens is 180 g/mol. The molecule has 1 aromatic rings. The molecule has 0 bridgehead atoms. The summed E-state index contributed by atoms with van der Waals surface area (Å²) in [5.41, 5.74) is 0.828. The topological polar surface area (TPSA) is 17.1 Å². The summed E-state index contributed by atoms with van der Waals surface area (Å²) in [6.07, 6.45) is 3.28. The third-order valence-electron chi connectivity index (χ3n) is 1.57. The fourth-order valence-electron chi connectivity index (χ4n) is 0.995. The minimum Gasteiger partial charge on any atom is -0.294 e. The number of carbonyl (C=O) groups is 1. The molecule has 0 aliphatic rings. The van der Waals surface area contributed by atoms with Crippen LogP contribution >= 0.6 is 12.6 Å². The second kappa shape index (κ2) is 7.87. The lowest BCUT2D eigenvalue weighted by atomic mass is 10.1. The van der Waals surface area contributed by atoms with E-state index in [4.69, 9.17) is 0 Å². The first-order valence-electron chi connectivity index (χ1n) is 4.37. The van der Waals surface area contributed by atoms with Gasteiger partial charge in [-0.25, -0.2) is 0 Å². The Kier molecular flexibility index (Phi) is 7.41. The van der Waals surface area contributed by atoms with Gasteiger partial charge in [0.2, 0.25) is 0 Å². The van der Waals surface area contributed by atoms with Gasteiger partial charge in [-0.3, -0.25) is 4.79 Å². The van der Waals surface area contributed by atoms with Gasteiger partial charge in [0.1, 0.15) is 0 Å². The van der Waals surface area contributed by atoms with Gasteiger partial charge in [-0.1, -0.05) is 37.3 Å². The fourth-order valence-corrected chi connectivity index (χ4v) is 0.995. The number of rotatable bonds is 3. The number of Topliss-reactive ketones (excluding diaryl/α,β-unsaturated/α-hetero) is 1. The van der Waals surface area contributed by atoms with Crippen LogP contribution < -0.4 is 0 Å². The summed E-state index contributed by atoms with van der Waals surface area (Å²) in [4.78, 5) is 11.2. The molecule has 1 rings (SSSR count). The third kappa shape index (κ3) is 4.73. The standard InChI is InChI=1S/C10H12O.CH4S/c1-2-6-10(11)9-7-4-3-5-8-9;1-2/h3-5,7-8H,2,6H2,1H3;2H,1H3. The van der Waals surface area contributed by atoms with Crippen molar-refractivity contribution >= 4 is 18.4 Å². The molecule has 2 heteroatoms. The van der Waals surface area contributed by atoms with E-state index in [0.717, 1.165) is 12.0 Å². The Labute approximate surface area is 85.6 Å². The molecule has 0 saturated heterocycles. The highest BCUT2D eigenvalue weighted by Crippen LogP contribution is 2.03. The molecule has 13 heavy (non-hydrogen) atoms. The summed E-state index contributed by atoms with van der Waals surface area (Å²) < 4.78 is 0. The van der Waals surface area contributed by atoms with Gasteiger partial charge in [0.15, 0.2) is 5.78 Å². The molecule has 1 nitrogen and oxygen atoms in total. The van der Waals surface area contributed by atoms with Crippen molar-refractivity contribution in [3.63, 3.8) is 0 Å². The van der Waals surface area contributed by atoms with Crippen molar-refractivity contribution in [2.75, 3.05) is 6.26 Å². The van der Waals surface area contributed by atoms with Crippen LogP contribution in [0.3, 0.4) is 0 Å². The zero-order valence-corrected chi connectivity index (χ0v) is 9.05. The SMILES string of the molecule is CCCC(=O)c1ccccc1.CS. The van der Waals surface area contributed by atoms with E-state index in [0.29, 0.717) is 6.42 Å². The maximum Gasteiger partial charge on any atom is 0.162 e. The summed E-state index contributed by atoms with van der Waals surface area (Å²) in [7, 11) is 0. The molecule has 0 spiro atoms. The van der Waals surface area contributed by atoms with Crippen LogP contribution in [0.4, 0.5) is 0 Å².